The molecule has 0 amide bonds. The zero-order chi connectivity index (χ0) is 15.0. The van der Waals surface area contributed by atoms with Crippen molar-refractivity contribution in [3.63, 3.8) is 0 Å². The van der Waals surface area contributed by atoms with Crippen LogP contribution in [-0.2, 0) is 25.4 Å². The van der Waals surface area contributed by atoms with Crippen LogP contribution < -0.4 is 0 Å². The van der Waals surface area contributed by atoms with Crippen molar-refractivity contribution < 1.29 is 13.6 Å². The average molecular weight is 337 g/mol. The van der Waals surface area contributed by atoms with Crippen LogP contribution in [0.5, 0.6) is 0 Å². The maximum Gasteiger partial charge on any atom is 0.327 e. The molecule has 0 N–H and O–H groups in total. The van der Waals surface area contributed by atoms with E-state index in [9.17, 15) is 0 Å². The molecule has 0 saturated heterocycles. The van der Waals surface area contributed by atoms with E-state index in [1.807, 2.05) is 38.1 Å². The van der Waals surface area contributed by atoms with Gasteiger partial charge in [-0.25, -0.2) is 0 Å². The van der Waals surface area contributed by atoms with Crippen molar-refractivity contribution in [3.8, 4) is 0 Å². The molecule has 1 rings (SSSR count). The predicted molar refractivity (Wildman–Crippen MR) is 87.7 cm³/mol. The lowest BCUT2D eigenvalue weighted by molar-refractivity contribution is 0.115. The molecule has 0 heterocycles. The fourth-order valence-electron chi connectivity index (χ4n) is 1.79. The van der Waals surface area contributed by atoms with Crippen molar-refractivity contribution in [3.05, 3.63) is 34.9 Å². The highest BCUT2D eigenvalue weighted by molar-refractivity contribution is 8.07. The van der Waals surface area contributed by atoms with Crippen LogP contribution in [0, 0.1) is 0 Å². The van der Waals surface area contributed by atoms with Gasteiger partial charge in [-0.2, -0.15) is 0 Å². The van der Waals surface area contributed by atoms with Gasteiger partial charge in [0.2, 0.25) is 0 Å². The lowest BCUT2D eigenvalue weighted by Crippen LogP contribution is -2.07. The first-order chi connectivity index (χ1) is 9.54. The smallest absolute Gasteiger partial charge is 0.309 e. The molecule has 0 saturated carbocycles. The van der Waals surface area contributed by atoms with Gasteiger partial charge < -0.3 is 13.6 Å². The first kappa shape index (κ1) is 18.1. The first-order valence-electron chi connectivity index (χ1n) is 6.87. The largest absolute Gasteiger partial charge is 0.327 e. The Morgan fingerprint density at radius 3 is 2.10 bits per heavy atom. The molecule has 1 unspecified atom stereocenters. The van der Waals surface area contributed by atoms with Gasteiger partial charge in [0.15, 0.2) is 0 Å². The van der Waals surface area contributed by atoms with Gasteiger partial charge in [-0.15, -0.1) is 0 Å². The normalized spacial score (nSPS) is 13.4. The van der Waals surface area contributed by atoms with Gasteiger partial charge in [0.1, 0.15) is 0 Å². The molecule has 0 aliphatic carbocycles. The molecular formula is C14H22ClO3PS. The molecule has 0 radical (unpaired) electrons. The standard InChI is InChI=1S/C14H22ClO3PS/c1-4-7-14(12-8-10-13(15)11-9-12)18-19(20,16-5-2)17-6-3/h8-11,14H,4-7H2,1-3H3. The van der Waals surface area contributed by atoms with Crippen molar-refractivity contribution in [2.24, 2.45) is 0 Å². The summed E-state index contributed by atoms with van der Waals surface area (Å²) in [6.07, 6.45) is 1.72. The molecule has 1 aromatic carbocycles. The van der Waals surface area contributed by atoms with E-state index in [4.69, 9.17) is 37.0 Å². The summed E-state index contributed by atoms with van der Waals surface area (Å²) in [6.45, 7) is 4.17. The third-order valence-corrected chi connectivity index (χ3v) is 5.43. The molecule has 0 aliphatic rings. The van der Waals surface area contributed by atoms with Crippen LogP contribution in [0.25, 0.3) is 0 Å². The van der Waals surface area contributed by atoms with Gasteiger partial charge in [0.05, 0.1) is 19.3 Å². The summed E-state index contributed by atoms with van der Waals surface area (Å²) >= 11 is 11.4. The van der Waals surface area contributed by atoms with Crippen molar-refractivity contribution in [1.82, 2.24) is 0 Å². The molecule has 1 aromatic rings. The van der Waals surface area contributed by atoms with Crippen LogP contribution in [-0.4, -0.2) is 13.2 Å². The van der Waals surface area contributed by atoms with Gasteiger partial charge in [0, 0.05) is 5.02 Å². The third kappa shape index (κ3) is 5.80. The average Bonchev–Trinajstić information content (AvgIpc) is 2.39. The Morgan fingerprint density at radius 1 is 1.10 bits per heavy atom. The highest BCUT2D eigenvalue weighted by Gasteiger charge is 2.25. The van der Waals surface area contributed by atoms with E-state index in [1.165, 1.54) is 0 Å². The highest BCUT2D eigenvalue weighted by atomic mass is 35.5. The van der Waals surface area contributed by atoms with Crippen molar-refractivity contribution >= 4 is 30.1 Å². The van der Waals surface area contributed by atoms with Gasteiger partial charge >= 0.3 is 6.72 Å². The van der Waals surface area contributed by atoms with E-state index in [-0.39, 0.29) is 6.10 Å². The van der Waals surface area contributed by atoms with E-state index in [1.54, 1.807) is 0 Å². The molecule has 0 spiro atoms. The zero-order valence-electron chi connectivity index (χ0n) is 12.2. The van der Waals surface area contributed by atoms with Gasteiger partial charge in [-0.3, -0.25) is 0 Å². The lowest BCUT2D eigenvalue weighted by atomic mass is 10.1. The SMILES string of the molecule is CCCC(OP(=S)(OCC)OCC)c1ccc(Cl)cc1. The molecule has 0 fully saturated rings. The maximum absolute atomic E-state index is 6.02. The summed E-state index contributed by atoms with van der Waals surface area (Å²) in [5, 5.41) is 0.707. The second-order valence-corrected chi connectivity index (χ2v) is 7.62. The summed E-state index contributed by atoms with van der Waals surface area (Å²) in [5.41, 5.74) is 1.05. The molecule has 6 heteroatoms. The van der Waals surface area contributed by atoms with E-state index < -0.39 is 6.72 Å². The predicted octanol–water partition coefficient (Wildman–Crippen LogP) is 5.50. The quantitative estimate of drug-likeness (QED) is 0.557. The Morgan fingerprint density at radius 2 is 1.65 bits per heavy atom. The lowest BCUT2D eigenvalue weighted by Gasteiger charge is -2.26. The molecule has 20 heavy (non-hydrogen) atoms. The molecule has 0 bridgehead atoms. The summed E-state index contributed by atoms with van der Waals surface area (Å²) < 4.78 is 17.1. The van der Waals surface area contributed by atoms with Gasteiger partial charge in [-0.05, 0) is 49.8 Å². The minimum atomic E-state index is -2.68. The fourth-order valence-corrected chi connectivity index (χ4v) is 4.23. The van der Waals surface area contributed by atoms with E-state index >= 15 is 0 Å². The molecular weight excluding hydrogens is 315 g/mol. The Kier molecular flexibility index (Phi) is 8.27. The third-order valence-electron chi connectivity index (χ3n) is 2.62. The molecule has 3 nitrogen and oxygen atoms in total. The van der Waals surface area contributed by atoms with E-state index in [2.05, 4.69) is 6.92 Å². The highest BCUT2D eigenvalue weighted by Crippen LogP contribution is 2.54. The van der Waals surface area contributed by atoms with Gasteiger partial charge in [-0.1, -0.05) is 37.1 Å². The number of rotatable bonds is 9. The minimum absolute atomic E-state index is 0.124. The van der Waals surface area contributed by atoms with Crippen LogP contribution >= 0.6 is 18.3 Å². The van der Waals surface area contributed by atoms with Crippen molar-refractivity contribution in [2.75, 3.05) is 13.2 Å². The molecule has 114 valence electrons. The first-order valence-corrected chi connectivity index (χ1v) is 9.81. The van der Waals surface area contributed by atoms with Crippen LogP contribution in [0.4, 0.5) is 0 Å². The summed E-state index contributed by atoms with van der Waals surface area (Å²) in [7, 11) is 0. The van der Waals surface area contributed by atoms with Crippen molar-refractivity contribution in [1.29, 1.82) is 0 Å². The second-order valence-electron chi connectivity index (χ2n) is 4.22. The number of benzene rings is 1. The summed E-state index contributed by atoms with van der Waals surface area (Å²) in [6, 6.07) is 7.63. The Balaban J connectivity index is 2.89. The van der Waals surface area contributed by atoms with Crippen LogP contribution in [0.2, 0.25) is 5.02 Å². The van der Waals surface area contributed by atoms with Crippen LogP contribution in [0.1, 0.15) is 45.3 Å². The molecule has 1 atom stereocenters. The topological polar surface area (TPSA) is 27.7 Å². The number of hydrogen-bond acceptors (Lipinski definition) is 4. The zero-order valence-corrected chi connectivity index (χ0v) is 14.6. The fraction of sp³-hybridized carbons (Fsp3) is 0.571. The Hall–Kier alpha value is 0.0400. The van der Waals surface area contributed by atoms with Crippen LogP contribution in [0.3, 0.4) is 0 Å². The Labute approximate surface area is 131 Å². The van der Waals surface area contributed by atoms with Crippen LogP contribution in [0.15, 0.2) is 24.3 Å². The molecule has 0 aromatic heterocycles. The van der Waals surface area contributed by atoms with E-state index in [0.717, 1.165) is 18.4 Å². The summed E-state index contributed by atoms with van der Waals surface area (Å²) in [5.74, 6) is 0. The van der Waals surface area contributed by atoms with E-state index in [0.29, 0.717) is 18.2 Å². The minimum Gasteiger partial charge on any atom is -0.309 e. The molecule has 0 aliphatic heterocycles. The number of hydrogen-bond donors (Lipinski definition) is 0. The van der Waals surface area contributed by atoms with Crippen molar-refractivity contribution in [2.45, 2.75) is 39.7 Å². The Bertz CT molecular complexity index is 429. The van der Waals surface area contributed by atoms with Gasteiger partial charge in [0.25, 0.3) is 0 Å². The number of halogens is 1. The summed E-state index contributed by atoms with van der Waals surface area (Å²) in [4.78, 5) is 0. The second kappa shape index (κ2) is 9.14. The maximum atomic E-state index is 6.02. The monoisotopic (exact) mass is 336 g/mol.